The van der Waals surface area contributed by atoms with Crippen molar-refractivity contribution in [3.05, 3.63) is 264 Å². The van der Waals surface area contributed by atoms with Gasteiger partial charge in [0.25, 0.3) is 0 Å². The highest BCUT2D eigenvalue weighted by molar-refractivity contribution is 5.69. The van der Waals surface area contributed by atoms with E-state index in [1.54, 1.807) is 72.5 Å². The molecule has 91 heavy (non-hydrogen) atoms. The molecule has 2 atom stereocenters. The number of nitrogens with zero attached hydrogens (tertiary/aromatic N) is 5. The van der Waals surface area contributed by atoms with Gasteiger partial charge in [-0.05, 0) is 244 Å². The highest BCUT2D eigenvalue weighted by atomic mass is 14.9. The molecule has 0 amide bonds. The molecule has 0 radical (unpaired) electrons. The molecule has 0 aliphatic rings. The van der Waals surface area contributed by atoms with E-state index in [1.165, 1.54) is 52.9 Å². The first-order valence-corrected chi connectivity index (χ1v) is 30.8. The number of rotatable bonds is 9. The van der Waals surface area contributed by atoms with Crippen molar-refractivity contribution < 1.29 is 54.4 Å². The number of aryl methyl sites for hydroxylation is 20. The Hall–Kier alpha value is -8.15. The second kappa shape index (κ2) is 31.7. The first kappa shape index (κ1) is 45.2. The minimum atomic E-state index is -2.43. The van der Waals surface area contributed by atoms with Gasteiger partial charge in [-0.1, -0.05) is 107 Å². The van der Waals surface area contributed by atoms with Gasteiger partial charge in [0.2, 0.25) is 28.5 Å². The standard InChI is InChI=1S/2C18H24N.2C17H22N.C16H20N/c1-12(2)16-7-8-17(14(4)10-16)18-15(5)9-13(3)11-19(18)6;1-12(2)16-7-8-17(14(4)11-16)18-15(5)13(3)9-10-19(18)6;1-6-15-7-8-16(13(3)10-15)17-14(4)9-12(2)11-18(17)5;1-6-15-7-8-16(13(3)11-15)17-14(4)12(2)9-10-18(17)5;1-11-6-7-15(13(3)10-11)16-14(4)12(2)8-9-17(16)5/h2*7-12H,1-6H3;2*7-11H,6H2,1-5H3;6-10H,1-5H3/q5*+1/i1D3,3D3,12D;1D3,12D;1D3,2D3;2*1D3. The van der Waals surface area contributed by atoms with Gasteiger partial charge in [-0.25, -0.2) is 22.8 Å². The predicted octanol–water partition coefficient (Wildman–Crippen LogP) is 19.2. The Bertz CT molecular complexity index is 5100. The van der Waals surface area contributed by atoms with E-state index in [9.17, 15) is 0 Å². The summed E-state index contributed by atoms with van der Waals surface area (Å²) in [5.74, 6) is -3.31. The van der Waals surface area contributed by atoms with Gasteiger partial charge in [-0.3, -0.25) is 0 Å². The van der Waals surface area contributed by atoms with Gasteiger partial charge in [0.15, 0.2) is 31.0 Å². The van der Waals surface area contributed by atoms with Crippen LogP contribution < -0.4 is 22.8 Å². The van der Waals surface area contributed by atoms with Crippen LogP contribution in [0.5, 0.6) is 0 Å². The zero-order valence-electron chi connectivity index (χ0n) is 80.6. The van der Waals surface area contributed by atoms with Crippen LogP contribution in [-0.4, -0.2) is 0 Å². The first-order chi connectivity index (χ1) is 51.9. The molecule has 10 rings (SSSR count). The molecule has 5 heterocycles. The summed E-state index contributed by atoms with van der Waals surface area (Å²) in [5.41, 5.74) is 28.0. The van der Waals surface area contributed by atoms with Gasteiger partial charge in [0, 0.05) is 116 Å². The summed E-state index contributed by atoms with van der Waals surface area (Å²) in [6, 6.07) is 37.3. The molecule has 0 aliphatic carbocycles. The van der Waals surface area contributed by atoms with Crippen LogP contribution in [0.1, 0.15) is 196 Å². The molecular formula is C86H112N5+5. The average molecular weight is 1240 g/mol. The molecule has 0 aliphatic heterocycles. The van der Waals surface area contributed by atoms with E-state index in [2.05, 4.69) is 79.6 Å². The number of pyridine rings is 5. The average Bonchev–Trinajstić information content (AvgIpc) is 0.778. The zero-order chi connectivity index (χ0) is 86.8. The minimum Gasteiger partial charge on any atom is -0.201 e. The van der Waals surface area contributed by atoms with Crippen LogP contribution in [0.25, 0.3) is 56.3 Å². The topological polar surface area (TPSA) is 19.4 Å². The summed E-state index contributed by atoms with van der Waals surface area (Å²) in [6.45, 7) is 13.9. The van der Waals surface area contributed by atoms with Crippen LogP contribution >= 0.6 is 0 Å². The molecule has 5 aromatic heterocycles. The van der Waals surface area contributed by atoms with Gasteiger partial charge in [0.1, 0.15) is 35.2 Å². The van der Waals surface area contributed by atoms with Gasteiger partial charge in [-0.2, -0.15) is 0 Å². The molecular weight excluding hydrogens is 1100 g/mol. The van der Waals surface area contributed by atoms with Crippen molar-refractivity contribution in [3.63, 3.8) is 0 Å². The molecule has 0 saturated heterocycles. The van der Waals surface area contributed by atoms with Crippen molar-refractivity contribution in [2.24, 2.45) is 35.2 Å². The van der Waals surface area contributed by atoms with Crippen LogP contribution in [0.4, 0.5) is 0 Å². The van der Waals surface area contributed by atoms with E-state index in [0.717, 1.165) is 101 Å². The highest BCUT2D eigenvalue weighted by Crippen LogP contribution is 2.32. The number of benzene rings is 5. The summed E-state index contributed by atoms with van der Waals surface area (Å²) < 4.78 is 184. The normalized spacial score (nSPS) is 16.9. The predicted molar refractivity (Wildman–Crippen MR) is 388 cm³/mol. The Morgan fingerprint density at radius 3 is 0.923 bits per heavy atom. The largest absolute Gasteiger partial charge is 0.215 e. The molecule has 0 N–H and O–H groups in total. The fourth-order valence-corrected chi connectivity index (χ4v) is 11.8. The lowest BCUT2D eigenvalue weighted by Gasteiger charge is -2.12. The summed E-state index contributed by atoms with van der Waals surface area (Å²) in [6.07, 6.45) is 9.51. The monoisotopic (exact) mass is 1240 g/mol. The summed E-state index contributed by atoms with van der Waals surface area (Å²) in [7, 11) is 9.68. The van der Waals surface area contributed by atoms with E-state index in [1.807, 2.05) is 148 Å². The van der Waals surface area contributed by atoms with E-state index in [4.69, 9.17) is 31.5 Å². The van der Waals surface area contributed by atoms with Crippen molar-refractivity contribution >= 4 is 0 Å². The molecule has 5 heteroatoms. The smallest absolute Gasteiger partial charge is 0.201 e. The summed E-state index contributed by atoms with van der Waals surface area (Å²) in [4.78, 5) is 0. The highest BCUT2D eigenvalue weighted by Gasteiger charge is 2.22. The third-order valence-electron chi connectivity index (χ3n) is 17.2. The summed E-state index contributed by atoms with van der Waals surface area (Å²) in [5, 5.41) is 0. The van der Waals surface area contributed by atoms with E-state index in [0.29, 0.717) is 22.3 Å². The Morgan fingerprint density at radius 2 is 0.626 bits per heavy atom. The molecule has 5 aromatic carbocycles. The molecule has 10 aromatic rings. The second-order valence-electron chi connectivity index (χ2n) is 24.5. The quantitative estimate of drug-likeness (QED) is 0.128. The van der Waals surface area contributed by atoms with Crippen LogP contribution in [0, 0.1) is 111 Å². The fraction of sp³-hybridized carbons (Fsp3) is 0.360. The van der Waals surface area contributed by atoms with E-state index < -0.39 is 59.8 Å². The zero-order valence-corrected chi connectivity index (χ0v) is 57.6. The van der Waals surface area contributed by atoms with Crippen molar-refractivity contribution in [1.82, 2.24) is 0 Å². The fourth-order valence-electron chi connectivity index (χ4n) is 11.8. The molecule has 0 spiro atoms. The van der Waals surface area contributed by atoms with Crippen LogP contribution in [0.15, 0.2) is 152 Å². The number of hydrogen-bond acceptors (Lipinski definition) is 0. The second-order valence-corrected chi connectivity index (χ2v) is 24.5. The van der Waals surface area contributed by atoms with Gasteiger partial charge < -0.3 is 0 Å². The van der Waals surface area contributed by atoms with Crippen molar-refractivity contribution in [2.75, 3.05) is 0 Å². The third-order valence-corrected chi connectivity index (χ3v) is 17.2. The summed E-state index contributed by atoms with van der Waals surface area (Å²) >= 11 is 0. The first-order valence-electron chi connectivity index (χ1n) is 42.3. The lowest BCUT2D eigenvalue weighted by Crippen LogP contribution is -2.32. The van der Waals surface area contributed by atoms with E-state index >= 15 is 0 Å². The van der Waals surface area contributed by atoms with Crippen LogP contribution in [-0.2, 0) is 48.1 Å². The van der Waals surface area contributed by atoms with Crippen molar-refractivity contribution in [2.45, 2.75) is 176 Å². The maximum atomic E-state index is 8.24. The molecule has 0 fully saturated rings. The van der Waals surface area contributed by atoms with Crippen molar-refractivity contribution in [1.29, 1.82) is 0 Å². The Balaban J connectivity index is 0.000000222. The SMILES string of the molecule is [2H]C([2H])([2H])C([2H])(C)c1ccc(-c2c(C)c(C)cc[n+]2C)c(C)c1.[2H]C([2H])([2H])Cc1ccc(-c2c(C)c(C)cc[n+]2C)c(C)c1.[2H]C([2H])([2H])Cc1ccc(-c2c(C)cc(C([2H])([2H])[2H])c[n+]2C)c(C)c1.[2H]C([2H])([2H])c1cc(C)c(-c2ccc(C([2H])(C)C([2H])([2H])[2H])cc2C)[n+](C)c1.[2H]C([2H])([2H])c1ccc(-c2c(C)c(C)cc[n+]2C)c(C)c1. The Kier molecular flexibility index (Phi) is 15.8. The van der Waals surface area contributed by atoms with Crippen molar-refractivity contribution in [3.8, 4) is 56.3 Å². The Labute approximate surface area is 584 Å². The molecule has 2 unspecified atom stereocenters. The lowest BCUT2D eigenvalue weighted by atomic mass is 9.94. The number of hydrogen-bond donors (Lipinski definition) is 0. The molecule has 5 nitrogen and oxygen atoms in total. The van der Waals surface area contributed by atoms with Gasteiger partial charge in [0.05, 0.1) is 0 Å². The van der Waals surface area contributed by atoms with Gasteiger partial charge >= 0.3 is 0 Å². The number of aromatic nitrogens is 5. The van der Waals surface area contributed by atoms with Crippen LogP contribution in [0.2, 0.25) is 0 Å². The van der Waals surface area contributed by atoms with Crippen LogP contribution in [0.3, 0.4) is 0 Å². The molecule has 0 bridgehead atoms. The molecule has 0 saturated carbocycles. The lowest BCUT2D eigenvalue weighted by molar-refractivity contribution is -0.661. The third kappa shape index (κ3) is 17.7. The minimum absolute atomic E-state index is 0.0389. The molecule has 476 valence electrons. The van der Waals surface area contributed by atoms with E-state index in [-0.39, 0.29) is 18.4 Å². The Morgan fingerprint density at radius 1 is 0.319 bits per heavy atom. The maximum Gasteiger partial charge on any atom is 0.215 e. The maximum absolute atomic E-state index is 8.24. The van der Waals surface area contributed by atoms with Gasteiger partial charge in [-0.15, -0.1) is 0 Å².